The Morgan fingerprint density at radius 3 is 2.93 bits per heavy atom. The zero-order valence-electron chi connectivity index (χ0n) is 16.9. The molecule has 29 heavy (non-hydrogen) atoms. The highest BCUT2D eigenvalue weighted by Crippen LogP contribution is 2.38. The van der Waals surface area contributed by atoms with Crippen molar-refractivity contribution in [3.63, 3.8) is 0 Å². The van der Waals surface area contributed by atoms with Crippen molar-refractivity contribution in [2.75, 3.05) is 26.7 Å². The van der Waals surface area contributed by atoms with Crippen molar-refractivity contribution in [3.8, 4) is 0 Å². The molecule has 2 aromatic rings. The number of carbonyl (C=O) groups is 1. The average Bonchev–Trinajstić information content (AvgIpc) is 3.49. The van der Waals surface area contributed by atoms with Crippen LogP contribution in [0.1, 0.15) is 66.3 Å². The van der Waals surface area contributed by atoms with Gasteiger partial charge in [0.05, 0.1) is 12.2 Å². The Morgan fingerprint density at radius 1 is 1.21 bits per heavy atom. The summed E-state index contributed by atoms with van der Waals surface area (Å²) in [5, 5.41) is 7.16. The summed E-state index contributed by atoms with van der Waals surface area (Å²) in [4.78, 5) is 26.1. The number of nitrogens with zero attached hydrogens (tertiary/aromatic N) is 5. The Hall–Kier alpha value is -2.48. The first-order valence-corrected chi connectivity index (χ1v) is 10.7. The van der Waals surface area contributed by atoms with Crippen molar-refractivity contribution >= 4 is 6.03 Å². The molecule has 2 aliphatic carbocycles. The smallest absolute Gasteiger partial charge is 0.317 e. The number of rotatable bonds is 4. The number of amides is 2. The fourth-order valence-corrected chi connectivity index (χ4v) is 4.22. The lowest BCUT2D eigenvalue weighted by molar-refractivity contribution is 0.0910. The van der Waals surface area contributed by atoms with Gasteiger partial charge >= 0.3 is 6.03 Å². The van der Waals surface area contributed by atoms with Crippen molar-refractivity contribution in [1.82, 2.24) is 30.2 Å². The van der Waals surface area contributed by atoms with E-state index < -0.39 is 0 Å². The van der Waals surface area contributed by atoms with E-state index in [-0.39, 0.29) is 12.1 Å². The van der Waals surface area contributed by atoms with E-state index in [1.807, 2.05) is 18.0 Å². The molecule has 0 aromatic carbocycles. The highest BCUT2D eigenvalue weighted by atomic mass is 16.5. The van der Waals surface area contributed by atoms with Crippen LogP contribution in [0.5, 0.6) is 0 Å². The van der Waals surface area contributed by atoms with Crippen LogP contribution in [-0.2, 0) is 19.4 Å². The molecule has 1 saturated carbocycles. The van der Waals surface area contributed by atoms with Gasteiger partial charge in [-0.3, -0.25) is 9.88 Å². The van der Waals surface area contributed by atoms with Gasteiger partial charge in [-0.15, -0.1) is 0 Å². The normalized spacial score (nSPS) is 22.4. The van der Waals surface area contributed by atoms with Crippen LogP contribution in [0, 0.1) is 0 Å². The van der Waals surface area contributed by atoms with E-state index in [0.717, 1.165) is 43.7 Å². The molecular weight excluding hydrogens is 368 g/mol. The van der Waals surface area contributed by atoms with Gasteiger partial charge in [0.1, 0.15) is 6.04 Å². The molecule has 1 atom stereocenters. The van der Waals surface area contributed by atoms with Crippen molar-refractivity contribution < 1.29 is 9.32 Å². The van der Waals surface area contributed by atoms with E-state index in [1.165, 1.54) is 24.1 Å². The molecule has 5 rings (SSSR count). The Bertz CT molecular complexity index is 893. The standard InChI is InChI=1S/C21H28N6O2/c1-26-10-11-27(13-18(26)20-24-19(25-29-20)15-6-7-15)21(28)22-12-16-9-8-14-4-2-3-5-17(14)23-16/h8-9,15,18H,2-7,10-13H2,1H3,(H,22,28). The molecule has 2 amide bonds. The molecule has 0 radical (unpaired) electrons. The van der Waals surface area contributed by atoms with Crippen LogP contribution in [0.25, 0.3) is 0 Å². The van der Waals surface area contributed by atoms with Crippen LogP contribution < -0.4 is 5.32 Å². The fraction of sp³-hybridized carbons (Fsp3) is 0.619. The number of aromatic nitrogens is 3. The minimum atomic E-state index is -0.0652. The zero-order chi connectivity index (χ0) is 19.8. The Labute approximate surface area is 170 Å². The molecule has 3 aliphatic rings. The zero-order valence-corrected chi connectivity index (χ0v) is 16.9. The first-order chi connectivity index (χ1) is 14.2. The lowest BCUT2D eigenvalue weighted by Gasteiger charge is -2.37. The maximum atomic E-state index is 12.8. The highest BCUT2D eigenvalue weighted by molar-refractivity contribution is 5.74. The summed E-state index contributed by atoms with van der Waals surface area (Å²) in [7, 11) is 2.04. The number of urea groups is 1. The van der Waals surface area contributed by atoms with Gasteiger partial charge in [-0.05, 0) is 57.2 Å². The first kappa shape index (κ1) is 18.5. The molecular formula is C21H28N6O2. The third-order valence-corrected chi connectivity index (χ3v) is 6.28. The summed E-state index contributed by atoms with van der Waals surface area (Å²) in [5.41, 5.74) is 3.49. The summed E-state index contributed by atoms with van der Waals surface area (Å²) >= 11 is 0. The molecule has 8 nitrogen and oxygen atoms in total. The number of fused-ring (bicyclic) bond motifs is 1. The van der Waals surface area contributed by atoms with Gasteiger partial charge in [0, 0.05) is 31.2 Å². The number of piperazine rings is 1. The van der Waals surface area contributed by atoms with Crippen LogP contribution in [0.2, 0.25) is 0 Å². The number of aryl methyl sites for hydroxylation is 2. The van der Waals surface area contributed by atoms with Gasteiger partial charge in [0.2, 0.25) is 5.89 Å². The summed E-state index contributed by atoms with van der Waals surface area (Å²) in [6.07, 6.45) is 6.91. The second kappa shape index (κ2) is 7.74. The molecule has 1 saturated heterocycles. The summed E-state index contributed by atoms with van der Waals surface area (Å²) in [6.45, 7) is 2.46. The predicted octanol–water partition coefficient (Wildman–Crippen LogP) is 2.42. The quantitative estimate of drug-likeness (QED) is 0.854. The molecule has 0 bridgehead atoms. The van der Waals surface area contributed by atoms with Gasteiger partial charge in [-0.1, -0.05) is 11.2 Å². The van der Waals surface area contributed by atoms with Crippen LogP contribution in [0.3, 0.4) is 0 Å². The SMILES string of the molecule is CN1CCN(C(=O)NCc2ccc3c(n2)CCCC3)CC1c1nc(C2CC2)no1. The van der Waals surface area contributed by atoms with Gasteiger partial charge in [-0.25, -0.2) is 4.79 Å². The van der Waals surface area contributed by atoms with Crippen LogP contribution in [0.4, 0.5) is 4.79 Å². The second-order valence-electron chi connectivity index (χ2n) is 8.48. The number of hydrogen-bond donors (Lipinski definition) is 1. The van der Waals surface area contributed by atoms with Gasteiger partial charge in [-0.2, -0.15) is 4.98 Å². The minimum Gasteiger partial charge on any atom is -0.338 e. The number of nitrogens with one attached hydrogen (secondary N) is 1. The number of carbonyl (C=O) groups excluding carboxylic acids is 1. The number of likely N-dealkylation sites (N-methyl/N-ethyl adjacent to an activating group) is 1. The van der Waals surface area contributed by atoms with Crippen LogP contribution in [-0.4, -0.2) is 57.6 Å². The third-order valence-electron chi connectivity index (χ3n) is 6.28. The third kappa shape index (κ3) is 3.99. The van der Waals surface area contributed by atoms with Crippen molar-refractivity contribution in [1.29, 1.82) is 0 Å². The van der Waals surface area contributed by atoms with E-state index in [2.05, 4.69) is 26.4 Å². The second-order valence-corrected chi connectivity index (χ2v) is 8.48. The van der Waals surface area contributed by atoms with E-state index in [4.69, 9.17) is 9.51 Å². The Morgan fingerprint density at radius 2 is 2.07 bits per heavy atom. The number of hydrogen-bond acceptors (Lipinski definition) is 6. The summed E-state index contributed by atoms with van der Waals surface area (Å²) < 4.78 is 5.51. The van der Waals surface area contributed by atoms with Crippen LogP contribution >= 0.6 is 0 Å². The molecule has 2 aromatic heterocycles. The first-order valence-electron chi connectivity index (χ1n) is 10.7. The highest BCUT2D eigenvalue weighted by Gasteiger charge is 2.35. The fourth-order valence-electron chi connectivity index (χ4n) is 4.22. The Balaban J connectivity index is 1.20. The van der Waals surface area contributed by atoms with Gasteiger partial charge < -0.3 is 14.7 Å². The largest absolute Gasteiger partial charge is 0.338 e. The van der Waals surface area contributed by atoms with Gasteiger partial charge in [0.25, 0.3) is 0 Å². The van der Waals surface area contributed by atoms with Crippen molar-refractivity contribution in [2.24, 2.45) is 0 Å². The predicted molar refractivity (Wildman–Crippen MR) is 106 cm³/mol. The molecule has 154 valence electrons. The molecule has 3 heterocycles. The molecule has 1 N–H and O–H groups in total. The van der Waals surface area contributed by atoms with E-state index in [0.29, 0.717) is 31.4 Å². The van der Waals surface area contributed by atoms with E-state index in [9.17, 15) is 4.79 Å². The maximum absolute atomic E-state index is 12.8. The summed E-state index contributed by atoms with van der Waals surface area (Å²) in [5.74, 6) is 1.89. The van der Waals surface area contributed by atoms with Crippen molar-refractivity contribution in [2.45, 2.75) is 57.0 Å². The molecule has 2 fully saturated rings. The minimum absolute atomic E-state index is 0.0589. The van der Waals surface area contributed by atoms with Gasteiger partial charge in [0.15, 0.2) is 5.82 Å². The van der Waals surface area contributed by atoms with Crippen LogP contribution in [0.15, 0.2) is 16.7 Å². The molecule has 1 unspecified atom stereocenters. The monoisotopic (exact) mass is 396 g/mol. The molecule has 1 aliphatic heterocycles. The molecule has 8 heteroatoms. The lowest BCUT2D eigenvalue weighted by Crippen LogP contribution is -2.52. The van der Waals surface area contributed by atoms with Crippen molar-refractivity contribution in [3.05, 3.63) is 40.8 Å². The summed E-state index contributed by atoms with van der Waals surface area (Å²) in [6, 6.07) is 4.08. The lowest BCUT2D eigenvalue weighted by atomic mass is 9.96. The van der Waals surface area contributed by atoms with E-state index in [1.54, 1.807) is 0 Å². The average molecular weight is 396 g/mol. The van der Waals surface area contributed by atoms with E-state index >= 15 is 0 Å². The number of pyridine rings is 1. The topological polar surface area (TPSA) is 87.4 Å². The molecule has 0 spiro atoms. The Kier molecular flexibility index (Phi) is 4.95. The maximum Gasteiger partial charge on any atom is 0.317 e.